The maximum absolute atomic E-state index is 14.2. The molecule has 0 amide bonds. The lowest BCUT2D eigenvalue weighted by Gasteiger charge is -2.30. The van der Waals surface area contributed by atoms with E-state index in [0.717, 1.165) is 37.8 Å². The first-order valence-corrected chi connectivity index (χ1v) is 8.17. The molecule has 0 aliphatic heterocycles. The van der Waals surface area contributed by atoms with E-state index < -0.39 is 0 Å². The Morgan fingerprint density at radius 2 is 2.21 bits per heavy atom. The van der Waals surface area contributed by atoms with Gasteiger partial charge in [-0.15, -0.1) is 0 Å². The van der Waals surface area contributed by atoms with Crippen molar-refractivity contribution >= 4 is 27.5 Å². The van der Waals surface area contributed by atoms with E-state index in [1.165, 1.54) is 6.42 Å². The van der Waals surface area contributed by atoms with Crippen molar-refractivity contribution in [2.24, 2.45) is 0 Å². The molecule has 1 aromatic rings. The molecule has 106 valence electrons. The van der Waals surface area contributed by atoms with Crippen molar-refractivity contribution in [1.82, 2.24) is 5.32 Å². The predicted molar refractivity (Wildman–Crippen MR) is 82.4 cm³/mol. The molecule has 1 aromatic carbocycles. The second-order valence-corrected chi connectivity index (χ2v) is 6.51. The normalized spacial score (nSPS) is 23.6. The summed E-state index contributed by atoms with van der Waals surface area (Å²) in [5.74, 6) is 0.0332. The first kappa shape index (κ1) is 15.3. The lowest BCUT2D eigenvalue weighted by Crippen LogP contribution is -2.34. The molecular formula is C15H20BrClFN. The first-order chi connectivity index (χ1) is 9.13. The van der Waals surface area contributed by atoms with Crippen LogP contribution in [-0.2, 0) is 0 Å². The Morgan fingerprint density at radius 3 is 2.95 bits per heavy atom. The second kappa shape index (κ2) is 7.05. The van der Waals surface area contributed by atoms with Crippen LogP contribution in [0.25, 0.3) is 0 Å². The predicted octanol–water partition coefficient (Wildman–Crippen LogP) is 5.27. The fraction of sp³-hybridized carbons (Fsp3) is 0.600. The van der Waals surface area contributed by atoms with Crippen LogP contribution in [0.15, 0.2) is 16.6 Å². The van der Waals surface area contributed by atoms with Gasteiger partial charge in [-0.2, -0.15) is 0 Å². The van der Waals surface area contributed by atoms with Crippen molar-refractivity contribution < 1.29 is 4.39 Å². The van der Waals surface area contributed by atoms with E-state index in [9.17, 15) is 4.39 Å². The summed E-state index contributed by atoms with van der Waals surface area (Å²) in [7, 11) is 0. The van der Waals surface area contributed by atoms with Crippen molar-refractivity contribution in [3.05, 3.63) is 33.0 Å². The summed E-state index contributed by atoms with van der Waals surface area (Å²) in [6.45, 7) is 3.21. The van der Waals surface area contributed by atoms with Crippen molar-refractivity contribution in [2.75, 3.05) is 6.54 Å². The molecule has 0 aromatic heterocycles. The Labute approximate surface area is 128 Å². The van der Waals surface area contributed by atoms with Crippen LogP contribution >= 0.6 is 27.5 Å². The number of benzene rings is 1. The molecule has 0 radical (unpaired) electrons. The van der Waals surface area contributed by atoms with E-state index in [0.29, 0.717) is 10.5 Å². The average molecular weight is 349 g/mol. The molecule has 0 bridgehead atoms. The number of hydrogen-bond donors (Lipinski definition) is 1. The van der Waals surface area contributed by atoms with E-state index in [1.54, 1.807) is 0 Å². The lowest BCUT2D eigenvalue weighted by atomic mass is 9.81. The summed E-state index contributed by atoms with van der Waals surface area (Å²) >= 11 is 9.25. The molecule has 1 saturated carbocycles. The van der Waals surface area contributed by atoms with Crippen LogP contribution in [0.5, 0.6) is 0 Å². The zero-order valence-electron chi connectivity index (χ0n) is 11.2. The average Bonchev–Trinajstić information content (AvgIpc) is 2.43. The second-order valence-electron chi connectivity index (χ2n) is 5.28. The minimum Gasteiger partial charge on any atom is -0.314 e. The van der Waals surface area contributed by atoms with Crippen LogP contribution in [0.2, 0.25) is 5.02 Å². The van der Waals surface area contributed by atoms with Gasteiger partial charge in [0.1, 0.15) is 5.82 Å². The van der Waals surface area contributed by atoms with Crippen molar-refractivity contribution in [3.63, 3.8) is 0 Å². The molecule has 1 aliphatic carbocycles. The molecule has 4 heteroatoms. The zero-order valence-corrected chi connectivity index (χ0v) is 13.5. The molecule has 2 rings (SSSR count). The van der Waals surface area contributed by atoms with Crippen molar-refractivity contribution in [2.45, 2.75) is 51.0 Å². The third kappa shape index (κ3) is 3.71. The van der Waals surface area contributed by atoms with Gasteiger partial charge < -0.3 is 5.32 Å². The summed E-state index contributed by atoms with van der Waals surface area (Å²) < 4.78 is 14.9. The molecule has 2 atom stereocenters. The molecule has 1 aliphatic rings. The molecule has 1 nitrogen and oxygen atoms in total. The molecule has 0 spiro atoms. The quantitative estimate of drug-likeness (QED) is 0.731. The van der Waals surface area contributed by atoms with Gasteiger partial charge in [0.25, 0.3) is 0 Å². The van der Waals surface area contributed by atoms with Gasteiger partial charge in [0, 0.05) is 10.5 Å². The minimum atomic E-state index is -0.253. The molecule has 1 N–H and O–H groups in total. The largest absolute Gasteiger partial charge is 0.314 e. The van der Waals surface area contributed by atoms with Crippen LogP contribution in [0.3, 0.4) is 0 Å². The molecule has 0 saturated heterocycles. The van der Waals surface area contributed by atoms with Gasteiger partial charge in [-0.1, -0.05) is 31.0 Å². The van der Waals surface area contributed by atoms with Gasteiger partial charge in [0.05, 0.1) is 5.02 Å². The number of hydrogen-bond acceptors (Lipinski definition) is 1. The molecular weight excluding hydrogens is 329 g/mol. The Morgan fingerprint density at radius 1 is 1.42 bits per heavy atom. The highest BCUT2D eigenvalue weighted by molar-refractivity contribution is 9.10. The van der Waals surface area contributed by atoms with Crippen LogP contribution in [0.1, 0.15) is 50.5 Å². The third-order valence-electron chi connectivity index (χ3n) is 3.86. The van der Waals surface area contributed by atoms with Gasteiger partial charge in [-0.05, 0) is 65.7 Å². The number of nitrogens with one attached hydrogen (secondary N) is 1. The SMILES string of the molecule is CCCNC1CCCC(c2ccc(Br)c(Cl)c2F)C1. The number of halogens is 3. The maximum atomic E-state index is 14.2. The van der Waals surface area contributed by atoms with E-state index in [2.05, 4.69) is 28.2 Å². The van der Waals surface area contributed by atoms with Gasteiger partial charge in [-0.25, -0.2) is 4.39 Å². The highest BCUT2D eigenvalue weighted by Gasteiger charge is 2.26. The van der Waals surface area contributed by atoms with Gasteiger partial charge in [0.2, 0.25) is 0 Å². The van der Waals surface area contributed by atoms with E-state index >= 15 is 0 Å². The molecule has 19 heavy (non-hydrogen) atoms. The van der Waals surface area contributed by atoms with Crippen LogP contribution in [0, 0.1) is 5.82 Å². The summed E-state index contributed by atoms with van der Waals surface area (Å²) in [5, 5.41) is 3.76. The number of rotatable bonds is 4. The van der Waals surface area contributed by atoms with E-state index in [1.807, 2.05) is 12.1 Å². The van der Waals surface area contributed by atoms with Gasteiger partial charge in [-0.3, -0.25) is 0 Å². The van der Waals surface area contributed by atoms with E-state index in [4.69, 9.17) is 11.6 Å². The summed E-state index contributed by atoms with van der Waals surface area (Å²) in [6.07, 6.45) is 5.55. The van der Waals surface area contributed by atoms with E-state index in [-0.39, 0.29) is 16.8 Å². The maximum Gasteiger partial charge on any atom is 0.146 e. The van der Waals surface area contributed by atoms with Crippen molar-refractivity contribution in [3.8, 4) is 0 Å². The van der Waals surface area contributed by atoms with Crippen LogP contribution in [-0.4, -0.2) is 12.6 Å². The molecule has 0 heterocycles. The van der Waals surface area contributed by atoms with Crippen LogP contribution < -0.4 is 5.32 Å². The standard InChI is InChI=1S/C15H20BrClFN/c1-2-8-19-11-5-3-4-10(9-11)12-6-7-13(16)14(17)15(12)18/h6-7,10-11,19H,2-5,8-9H2,1H3. The van der Waals surface area contributed by atoms with Crippen LogP contribution in [0.4, 0.5) is 4.39 Å². The van der Waals surface area contributed by atoms with Crippen molar-refractivity contribution in [1.29, 1.82) is 0 Å². The summed E-state index contributed by atoms with van der Waals surface area (Å²) in [6, 6.07) is 4.24. The molecule has 1 fully saturated rings. The third-order valence-corrected chi connectivity index (χ3v) is 5.12. The summed E-state index contributed by atoms with van der Waals surface area (Å²) in [4.78, 5) is 0. The summed E-state index contributed by atoms with van der Waals surface area (Å²) in [5.41, 5.74) is 0.774. The smallest absolute Gasteiger partial charge is 0.146 e. The Hall–Kier alpha value is -0.120. The van der Waals surface area contributed by atoms with Gasteiger partial charge >= 0.3 is 0 Å². The minimum absolute atomic E-state index is 0.209. The highest BCUT2D eigenvalue weighted by atomic mass is 79.9. The lowest BCUT2D eigenvalue weighted by molar-refractivity contribution is 0.335. The highest BCUT2D eigenvalue weighted by Crippen LogP contribution is 2.38. The zero-order chi connectivity index (χ0) is 13.8. The van der Waals surface area contributed by atoms with Gasteiger partial charge in [0.15, 0.2) is 0 Å². The monoisotopic (exact) mass is 347 g/mol. The fourth-order valence-corrected chi connectivity index (χ4v) is 3.34. The Bertz CT molecular complexity index is 438. The fourth-order valence-electron chi connectivity index (χ4n) is 2.86. The Kier molecular flexibility index (Phi) is 5.67. The first-order valence-electron chi connectivity index (χ1n) is 7.00. The topological polar surface area (TPSA) is 12.0 Å². The molecule has 2 unspecified atom stereocenters. The Balaban J connectivity index is 2.11.